The molecule has 0 bridgehead atoms. The number of nitrogens with zero attached hydrogens (tertiary/aromatic N) is 5. The lowest BCUT2D eigenvalue weighted by Gasteiger charge is -2.34. The second kappa shape index (κ2) is 34.6. The Morgan fingerprint density at radius 2 is 0.950 bits per heavy atom. The lowest BCUT2D eigenvalue weighted by Crippen LogP contribution is -2.57. The van der Waals surface area contributed by atoms with Gasteiger partial charge in [-0.05, 0) is 43.4 Å². The van der Waals surface area contributed by atoms with E-state index in [1.807, 2.05) is 56.3 Å². The molecule has 1 aromatic heterocycles. The molecule has 10 amide bonds. The maximum absolute atomic E-state index is 14.7. The van der Waals surface area contributed by atoms with Crippen molar-refractivity contribution in [2.45, 2.75) is 137 Å². The molecule has 442 valence electrons. The van der Waals surface area contributed by atoms with Crippen LogP contribution in [0.15, 0.2) is 60.8 Å². The van der Waals surface area contributed by atoms with E-state index in [1.54, 1.807) is 52.9 Å². The van der Waals surface area contributed by atoms with Crippen molar-refractivity contribution in [3.63, 3.8) is 0 Å². The molecule has 23 nitrogen and oxygen atoms in total. The minimum atomic E-state index is -1.23. The fourth-order valence-electron chi connectivity index (χ4n) is 9.47. The van der Waals surface area contributed by atoms with Crippen LogP contribution in [0, 0.1) is 5.92 Å². The number of primary amides is 1. The van der Waals surface area contributed by atoms with Crippen molar-refractivity contribution in [2.24, 2.45) is 17.4 Å². The third kappa shape index (κ3) is 20.1. The quantitative estimate of drug-likeness (QED) is 0.0404. The van der Waals surface area contributed by atoms with E-state index in [1.165, 1.54) is 31.4 Å². The number of hydrogen-bond acceptors (Lipinski definition) is 12. The molecule has 0 spiro atoms. The molecule has 0 saturated heterocycles. The third-order valence-electron chi connectivity index (χ3n) is 13.9. The van der Waals surface area contributed by atoms with E-state index >= 15 is 0 Å². The van der Waals surface area contributed by atoms with E-state index in [0.29, 0.717) is 5.56 Å². The van der Waals surface area contributed by atoms with Gasteiger partial charge in [-0.15, -0.1) is 0 Å². The van der Waals surface area contributed by atoms with E-state index in [2.05, 4.69) is 26.3 Å². The Bertz CT molecular complexity index is 2520. The molecular weight excluding hydrogens is 1030 g/mol. The fourth-order valence-corrected chi connectivity index (χ4v) is 9.47. The maximum Gasteiger partial charge on any atom is 0.243 e. The van der Waals surface area contributed by atoms with Crippen LogP contribution in [0.4, 0.5) is 0 Å². The van der Waals surface area contributed by atoms with Crippen LogP contribution in [0.25, 0.3) is 10.9 Å². The van der Waals surface area contributed by atoms with Crippen LogP contribution in [-0.4, -0.2) is 196 Å². The minimum absolute atomic E-state index is 0.00617. The first-order chi connectivity index (χ1) is 38.2. The molecular formula is C57H88N12O11. The molecule has 23 heteroatoms. The normalized spacial score (nSPS) is 13.0. The number of carbonyl (C=O) groups is 10. The zero-order valence-electron chi connectivity index (χ0n) is 48.1. The highest BCUT2D eigenvalue weighted by Crippen LogP contribution is 2.22. The first kappa shape index (κ1) is 66.9. The number of carbonyl (C=O) groups excluding carboxylic acids is 10. The van der Waals surface area contributed by atoms with Crippen LogP contribution in [0.1, 0.15) is 105 Å². The van der Waals surface area contributed by atoms with E-state index in [9.17, 15) is 53.1 Å². The first-order valence-electron chi connectivity index (χ1n) is 28.0. The number of nitrogens with one attached hydrogen (secondary N) is 5. The van der Waals surface area contributed by atoms with Crippen LogP contribution in [-0.2, 0) is 60.8 Å². The molecule has 0 aliphatic rings. The Morgan fingerprint density at radius 3 is 1.44 bits per heavy atom. The van der Waals surface area contributed by atoms with Crippen molar-refractivity contribution in [2.75, 3.05) is 72.1 Å². The molecule has 80 heavy (non-hydrogen) atoms. The Hall–Kier alpha value is -7.40. The second-order valence-electron chi connectivity index (χ2n) is 20.0. The highest BCUT2D eigenvalue weighted by Gasteiger charge is 2.35. The molecule has 0 aliphatic heterocycles. The van der Waals surface area contributed by atoms with Crippen LogP contribution in [0.5, 0.6) is 0 Å². The van der Waals surface area contributed by atoms with Crippen molar-refractivity contribution in [1.29, 1.82) is 0 Å². The monoisotopic (exact) mass is 1120 g/mol. The first-order valence-corrected chi connectivity index (χ1v) is 28.0. The summed E-state index contributed by atoms with van der Waals surface area (Å²) in [4.78, 5) is 145. The number of nitrogens with two attached hydrogens (primary N) is 2. The summed E-state index contributed by atoms with van der Waals surface area (Å²) in [5, 5.41) is 22.3. The van der Waals surface area contributed by atoms with Gasteiger partial charge in [0.1, 0.15) is 30.2 Å². The van der Waals surface area contributed by atoms with Gasteiger partial charge in [-0.2, -0.15) is 0 Å². The summed E-state index contributed by atoms with van der Waals surface area (Å²) in [6, 6.07) is 11.4. The largest absolute Gasteiger partial charge is 0.396 e. The van der Waals surface area contributed by atoms with Crippen LogP contribution in [0.3, 0.4) is 0 Å². The molecule has 0 fully saturated rings. The number of hydrogen-bond donors (Lipinski definition) is 8. The van der Waals surface area contributed by atoms with Crippen molar-refractivity contribution in [3.05, 3.63) is 71.9 Å². The smallest absolute Gasteiger partial charge is 0.243 e. The zero-order chi connectivity index (χ0) is 59.5. The summed E-state index contributed by atoms with van der Waals surface area (Å²) in [6.07, 6.45) is 2.05. The number of benzene rings is 2. The Kier molecular flexibility index (Phi) is 28.9. The Labute approximate surface area is 470 Å². The number of rotatable bonds is 36. The summed E-state index contributed by atoms with van der Waals surface area (Å²) in [6.45, 7) is 12.5. The second-order valence-corrected chi connectivity index (χ2v) is 20.0. The van der Waals surface area contributed by atoms with Gasteiger partial charge in [0.25, 0.3) is 0 Å². The van der Waals surface area contributed by atoms with Gasteiger partial charge in [-0.3, -0.25) is 47.9 Å². The van der Waals surface area contributed by atoms with Gasteiger partial charge >= 0.3 is 0 Å². The van der Waals surface area contributed by atoms with Crippen molar-refractivity contribution in [1.82, 2.24) is 50.8 Å². The van der Waals surface area contributed by atoms with Gasteiger partial charge in [-0.25, -0.2) is 0 Å². The van der Waals surface area contributed by atoms with Crippen LogP contribution < -0.4 is 32.7 Å². The zero-order valence-corrected chi connectivity index (χ0v) is 48.1. The van der Waals surface area contributed by atoms with Crippen molar-refractivity contribution in [3.8, 4) is 0 Å². The summed E-state index contributed by atoms with van der Waals surface area (Å²) in [5.41, 5.74) is 13.4. The molecule has 10 N–H and O–H groups in total. The maximum atomic E-state index is 14.7. The molecule has 0 unspecified atom stereocenters. The van der Waals surface area contributed by atoms with Gasteiger partial charge in [0, 0.05) is 127 Å². The molecule has 3 rings (SSSR count). The lowest BCUT2D eigenvalue weighted by atomic mass is 10.0. The fraction of sp³-hybridized carbons (Fsp3) is 0.579. The van der Waals surface area contributed by atoms with Gasteiger partial charge in [0.2, 0.25) is 59.1 Å². The van der Waals surface area contributed by atoms with Crippen LogP contribution in [0.2, 0.25) is 0 Å². The predicted octanol–water partition coefficient (Wildman–Crippen LogP) is 0.956. The van der Waals surface area contributed by atoms with Crippen molar-refractivity contribution < 1.29 is 53.1 Å². The molecule has 2 aromatic carbocycles. The van der Waals surface area contributed by atoms with Crippen molar-refractivity contribution >= 4 is 70.0 Å². The van der Waals surface area contributed by atoms with Crippen LogP contribution >= 0.6 is 0 Å². The number of aliphatic hydroxyl groups is 1. The summed E-state index contributed by atoms with van der Waals surface area (Å²) >= 11 is 0. The minimum Gasteiger partial charge on any atom is -0.396 e. The Morgan fingerprint density at radius 1 is 0.525 bits per heavy atom. The SMILES string of the molecule is CCC(=O)N(CCNC(=O)[C@H](CC(C)C)N(CCNC(=O)[C@H](Cc1c[nH]c2ccccc12)N(CCNC(=O)[C@H](Cc1ccccc1)N(CCNC(=O)[C@H](C)N(CCN)C(=O)CC)C(=O)CC)C(=O)CCO)C(=O)CC)[C@@H](C)C(N)=O. The number of H-pyrrole nitrogens is 1. The van der Waals surface area contributed by atoms with E-state index in [-0.39, 0.29) is 146 Å². The predicted molar refractivity (Wildman–Crippen MR) is 304 cm³/mol. The molecule has 0 radical (unpaired) electrons. The average molecular weight is 1120 g/mol. The summed E-state index contributed by atoms with van der Waals surface area (Å²) in [5.74, 6) is -4.81. The molecule has 3 aromatic rings. The molecule has 0 aliphatic carbocycles. The number of amides is 10. The van der Waals surface area contributed by atoms with E-state index in [4.69, 9.17) is 11.5 Å². The highest BCUT2D eigenvalue weighted by atomic mass is 16.3. The van der Waals surface area contributed by atoms with Gasteiger partial charge in [0.05, 0.1) is 6.61 Å². The number of aromatic nitrogens is 1. The van der Waals surface area contributed by atoms with E-state index < -0.39 is 72.3 Å². The summed E-state index contributed by atoms with van der Waals surface area (Å²) < 4.78 is 0. The third-order valence-corrected chi connectivity index (χ3v) is 13.9. The lowest BCUT2D eigenvalue weighted by molar-refractivity contribution is -0.142. The number of aliphatic hydroxyl groups excluding tert-OH is 1. The highest BCUT2D eigenvalue weighted by molar-refractivity contribution is 5.92. The molecule has 1 heterocycles. The molecule has 5 atom stereocenters. The summed E-state index contributed by atoms with van der Waals surface area (Å²) in [7, 11) is 0. The van der Waals surface area contributed by atoms with E-state index in [0.717, 1.165) is 16.5 Å². The van der Waals surface area contributed by atoms with Gasteiger partial charge < -0.3 is 67.3 Å². The number of fused-ring (bicyclic) bond motifs is 1. The standard InChI is InChI=1S/C57H88N12O11/c1-9-48(71)65(28-23-58)40(8)54(77)60-25-30-68(51(74)12-4)46(35-41-18-14-13-15-19-41)56(79)62-27-32-69(52(75)22-33-70)47(36-42-37-64-44-21-17-16-20-43(42)44)57(80)63-26-31-67(50(73)11-3)45(34-38(5)6)55(78)61-24-29-66(49(72)10-2)39(7)53(59)76/h13-21,37-40,45-47,64,70H,9-12,22-36,58H2,1-8H3,(H2,59,76)(H,60,77)(H,61,78)(H,62,79)(H,63,80)/t39-,40-,45-,46-,47-/m0/s1. The molecule has 0 saturated carbocycles. The topological polar surface area (TPSA) is 323 Å². The number of para-hydroxylation sites is 1. The average Bonchev–Trinajstić information content (AvgIpc) is 3.87. The Balaban J connectivity index is 1.95. The van der Waals surface area contributed by atoms with Gasteiger partial charge in [0.15, 0.2) is 0 Å². The van der Waals surface area contributed by atoms with Gasteiger partial charge in [-0.1, -0.05) is 90.1 Å². The number of aromatic amines is 1.